The number of aliphatic hydroxyl groups excluding tert-OH is 1. The number of sulfone groups is 1. The number of aliphatic hydroxyl groups is 1. The maximum Gasteiger partial charge on any atom is 0.179 e. The maximum absolute atomic E-state index is 13.9. The van der Waals surface area contributed by atoms with E-state index in [1.54, 1.807) is 0 Å². The summed E-state index contributed by atoms with van der Waals surface area (Å²) in [5.41, 5.74) is 4.35. The molecule has 6 rings (SSSR count). The van der Waals surface area contributed by atoms with Crippen LogP contribution in [0, 0.1) is 6.92 Å². The van der Waals surface area contributed by atoms with Gasteiger partial charge in [0.1, 0.15) is 0 Å². The molecule has 2 saturated heterocycles. The molecule has 1 N–H and O–H groups in total. The van der Waals surface area contributed by atoms with Crippen LogP contribution in [0.1, 0.15) is 60.1 Å². The second-order valence-electron chi connectivity index (χ2n) is 11.0. The molecule has 0 amide bonds. The summed E-state index contributed by atoms with van der Waals surface area (Å²) in [6.45, 7) is 2.33. The number of fused-ring (bicyclic) bond motifs is 3. The van der Waals surface area contributed by atoms with E-state index in [9.17, 15) is 18.3 Å². The number of aromatic nitrogens is 1. The average molecular weight is 541 g/mol. The van der Waals surface area contributed by atoms with E-state index in [0.717, 1.165) is 66.4 Å². The Labute approximate surface area is 223 Å². The lowest BCUT2D eigenvalue weighted by atomic mass is 9.98. The van der Waals surface area contributed by atoms with Crippen molar-refractivity contribution in [2.45, 2.75) is 75.3 Å². The fraction of sp³-hybridized carbons (Fsp3) is 0.483. The van der Waals surface area contributed by atoms with Gasteiger partial charge in [-0.1, -0.05) is 23.7 Å². The van der Waals surface area contributed by atoms with Gasteiger partial charge in [0.25, 0.3) is 0 Å². The first-order valence-corrected chi connectivity index (χ1v) is 15.4. The van der Waals surface area contributed by atoms with Gasteiger partial charge in [-0.3, -0.25) is 9.69 Å². The molecule has 2 aliphatic heterocycles. The predicted octanol–water partition coefficient (Wildman–Crippen LogP) is 4.88. The number of benzene rings is 2. The minimum atomic E-state index is -3.05. The standard InChI is InChI=1S/C29H33ClN2O4S/c1-18-29(28(34)17-31-22-7-8-23(31)16-24(33)15-22)26-11-2-19(12-13-37(35,36)25-9-10-25)14-27(26)32(18)21-5-3-20(30)4-6-21/h2-6,11,14,22-25,33H,7-10,12-13,15-17H2,1H3/t22-,23+,24+. The van der Waals surface area contributed by atoms with Crippen molar-refractivity contribution in [3.05, 3.63) is 64.3 Å². The molecule has 196 valence electrons. The van der Waals surface area contributed by atoms with Crippen LogP contribution in [-0.4, -0.2) is 64.5 Å². The van der Waals surface area contributed by atoms with E-state index >= 15 is 0 Å². The van der Waals surface area contributed by atoms with Crippen molar-refractivity contribution in [2.24, 2.45) is 0 Å². The van der Waals surface area contributed by atoms with Gasteiger partial charge in [0, 0.05) is 39.4 Å². The quantitative estimate of drug-likeness (QED) is 0.412. The van der Waals surface area contributed by atoms with E-state index < -0.39 is 9.84 Å². The summed E-state index contributed by atoms with van der Waals surface area (Å²) < 4.78 is 27.1. The van der Waals surface area contributed by atoms with E-state index in [1.807, 2.05) is 49.4 Å². The van der Waals surface area contributed by atoms with Crippen molar-refractivity contribution in [3.63, 3.8) is 0 Å². The van der Waals surface area contributed by atoms with Crippen molar-refractivity contribution in [1.82, 2.24) is 9.47 Å². The largest absolute Gasteiger partial charge is 0.393 e. The monoisotopic (exact) mass is 540 g/mol. The van der Waals surface area contributed by atoms with Gasteiger partial charge in [-0.2, -0.15) is 0 Å². The van der Waals surface area contributed by atoms with E-state index in [0.29, 0.717) is 23.6 Å². The van der Waals surface area contributed by atoms with Crippen LogP contribution in [-0.2, 0) is 16.3 Å². The van der Waals surface area contributed by atoms with Gasteiger partial charge in [0.05, 0.1) is 29.2 Å². The summed E-state index contributed by atoms with van der Waals surface area (Å²) in [5.74, 6) is 0.242. The molecular formula is C29H33ClN2O4S. The van der Waals surface area contributed by atoms with Crippen molar-refractivity contribution < 1.29 is 18.3 Å². The van der Waals surface area contributed by atoms with E-state index in [1.165, 1.54) is 0 Å². The Morgan fingerprint density at radius 2 is 1.70 bits per heavy atom. The van der Waals surface area contributed by atoms with Crippen molar-refractivity contribution in [1.29, 1.82) is 0 Å². The van der Waals surface area contributed by atoms with Crippen LogP contribution < -0.4 is 0 Å². The first-order chi connectivity index (χ1) is 17.7. The molecule has 3 aliphatic rings. The molecule has 6 nitrogen and oxygen atoms in total. The highest BCUT2D eigenvalue weighted by atomic mass is 35.5. The highest BCUT2D eigenvalue weighted by Gasteiger charge is 2.41. The molecule has 37 heavy (non-hydrogen) atoms. The number of carbonyl (C=O) groups excluding carboxylic acids is 1. The van der Waals surface area contributed by atoms with E-state index in [-0.39, 0.29) is 35.0 Å². The number of ketones is 1. The lowest BCUT2D eigenvalue weighted by Gasteiger charge is -2.36. The first-order valence-electron chi connectivity index (χ1n) is 13.3. The van der Waals surface area contributed by atoms with Gasteiger partial charge in [0.15, 0.2) is 15.6 Å². The number of Topliss-reactive ketones (excluding diaryl/α,β-unsaturated/α-hetero) is 1. The van der Waals surface area contributed by atoms with Crippen molar-refractivity contribution >= 4 is 38.1 Å². The van der Waals surface area contributed by atoms with Gasteiger partial charge < -0.3 is 9.67 Å². The van der Waals surface area contributed by atoms with Crippen LogP contribution in [0.5, 0.6) is 0 Å². The Bertz CT molecular complexity index is 1450. The lowest BCUT2D eigenvalue weighted by Crippen LogP contribution is -2.46. The molecule has 2 bridgehead atoms. The molecule has 0 spiro atoms. The number of carbonyl (C=O) groups is 1. The Morgan fingerprint density at radius 3 is 2.35 bits per heavy atom. The summed E-state index contributed by atoms with van der Waals surface area (Å²) in [4.78, 5) is 16.2. The van der Waals surface area contributed by atoms with Gasteiger partial charge in [-0.05, 0) is 87.8 Å². The summed E-state index contributed by atoms with van der Waals surface area (Å²) in [7, 11) is -3.05. The third-order valence-corrected chi connectivity index (χ3v) is 11.0. The van der Waals surface area contributed by atoms with Crippen LogP contribution >= 0.6 is 11.6 Å². The molecule has 1 aliphatic carbocycles. The minimum Gasteiger partial charge on any atom is -0.393 e. The summed E-state index contributed by atoms with van der Waals surface area (Å²) >= 11 is 6.16. The van der Waals surface area contributed by atoms with Gasteiger partial charge in [0.2, 0.25) is 0 Å². The highest BCUT2D eigenvalue weighted by Crippen LogP contribution is 2.37. The number of hydrogen-bond acceptors (Lipinski definition) is 5. The molecule has 0 radical (unpaired) electrons. The fourth-order valence-electron chi connectivity index (χ4n) is 6.49. The van der Waals surface area contributed by atoms with Crippen LogP contribution in [0.4, 0.5) is 0 Å². The molecular weight excluding hydrogens is 508 g/mol. The molecule has 8 heteroatoms. The smallest absolute Gasteiger partial charge is 0.179 e. The molecule has 3 heterocycles. The Kier molecular flexibility index (Phi) is 6.46. The normalized spacial score (nSPS) is 24.1. The van der Waals surface area contributed by atoms with Gasteiger partial charge in [-0.15, -0.1) is 0 Å². The first kappa shape index (κ1) is 25.1. The molecule has 0 unspecified atom stereocenters. The zero-order chi connectivity index (χ0) is 25.9. The second-order valence-corrected chi connectivity index (χ2v) is 13.9. The lowest BCUT2D eigenvalue weighted by molar-refractivity contribution is 0.0344. The molecule has 3 fully saturated rings. The number of nitrogens with zero attached hydrogens (tertiary/aromatic N) is 2. The molecule has 2 aromatic carbocycles. The Morgan fingerprint density at radius 1 is 1.03 bits per heavy atom. The molecule has 3 atom stereocenters. The predicted molar refractivity (Wildman–Crippen MR) is 147 cm³/mol. The zero-order valence-corrected chi connectivity index (χ0v) is 22.6. The van der Waals surface area contributed by atoms with Gasteiger partial charge in [-0.25, -0.2) is 8.42 Å². The molecule has 1 saturated carbocycles. The maximum atomic E-state index is 13.9. The van der Waals surface area contributed by atoms with Crippen LogP contribution in [0.15, 0.2) is 42.5 Å². The topological polar surface area (TPSA) is 79.6 Å². The third-order valence-electron chi connectivity index (χ3n) is 8.53. The third kappa shape index (κ3) is 4.76. The summed E-state index contributed by atoms with van der Waals surface area (Å²) in [6.07, 6.45) is 5.31. The van der Waals surface area contributed by atoms with Crippen LogP contribution in [0.2, 0.25) is 5.02 Å². The van der Waals surface area contributed by atoms with E-state index in [4.69, 9.17) is 11.6 Å². The number of piperidine rings is 1. The van der Waals surface area contributed by atoms with Crippen LogP contribution in [0.25, 0.3) is 16.6 Å². The van der Waals surface area contributed by atoms with Crippen molar-refractivity contribution in [2.75, 3.05) is 12.3 Å². The number of aryl methyl sites for hydroxylation is 1. The molecule has 1 aromatic heterocycles. The Hall–Kier alpha value is -2.19. The average Bonchev–Trinajstić information content (AvgIpc) is 3.64. The second kappa shape index (κ2) is 9.53. The summed E-state index contributed by atoms with van der Waals surface area (Å²) in [5, 5.41) is 11.6. The number of hydrogen-bond donors (Lipinski definition) is 1. The zero-order valence-electron chi connectivity index (χ0n) is 21.1. The minimum absolute atomic E-state index is 0.0903. The Balaban J connectivity index is 1.37. The van der Waals surface area contributed by atoms with Gasteiger partial charge >= 0.3 is 0 Å². The highest BCUT2D eigenvalue weighted by molar-refractivity contribution is 7.92. The SMILES string of the molecule is Cc1c(C(=O)CN2[C@@H]3CC[C@H]2C[C@@H](O)C3)c2ccc(CCS(=O)(=O)C3CC3)cc2n1-c1ccc(Cl)cc1. The summed E-state index contributed by atoms with van der Waals surface area (Å²) in [6, 6.07) is 14.1. The van der Waals surface area contributed by atoms with Crippen LogP contribution in [0.3, 0.4) is 0 Å². The number of rotatable bonds is 8. The fourth-order valence-corrected chi connectivity index (χ4v) is 8.33. The molecule has 3 aromatic rings. The van der Waals surface area contributed by atoms with Crippen molar-refractivity contribution in [3.8, 4) is 5.69 Å². The number of halogens is 1. The van der Waals surface area contributed by atoms with E-state index in [2.05, 4.69) is 9.47 Å².